The van der Waals surface area contributed by atoms with Crippen LogP contribution in [0.15, 0.2) is 30.5 Å². The molecule has 0 spiro atoms. The van der Waals surface area contributed by atoms with Gasteiger partial charge in [-0.15, -0.1) is 5.10 Å². The maximum absolute atomic E-state index is 13.5. The van der Waals surface area contributed by atoms with Gasteiger partial charge in [-0.25, -0.2) is 13.6 Å². The Morgan fingerprint density at radius 1 is 1.19 bits per heavy atom. The number of aromatic nitrogens is 2. The number of anilines is 3. The van der Waals surface area contributed by atoms with Crippen LogP contribution < -0.4 is 20.9 Å². The molecule has 2 amide bonds. The van der Waals surface area contributed by atoms with Crippen LogP contribution in [0.1, 0.15) is 0 Å². The lowest BCUT2D eigenvalue weighted by Crippen LogP contribution is -2.36. The molecule has 0 atom stereocenters. The van der Waals surface area contributed by atoms with Crippen molar-refractivity contribution in [1.29, 1.82) is 0 Å². The van der Waals surface area contributed by atoms with Gasteiger partial charge in [0, 0.05) is 32.2 Å². The summed E-state index contributed by atoms with van der Waals surface area (Å²) in [5.74, 6) is -1.10. The molecule has 0 aliphatic carbocycles. The summed E-state index contributed by atoms with van der Waals surface area (Å²) >= 11 is 0. The Kier molecular flexibility index (Phi) is 6.31. The third kappa shape index (κ3) is 5.23. The predicted molar refractivity (Wildman–Crippen MR) is 96.9 cm³/mol. The van der Waals surface area contributed by atoms with Crippen molar-refractivity contribution in [3.05, 3.63) is 42.1 Å². The fourth-order valence-electron chi connectivity index (χ4n) is 2.58. The molecule has 0 unspecified atom stereocenters. The molecular weight excluding hydrogens is 358 g/mol. The smallest absolute Gasteiger partial charge is 0.319 e. The lowest BCUT2D eigenvalue weighted by molar-refractivity contribution is 0.122. The number of carbonyl (C=O) groups excluding carboxylic acids is 1. The number of nitrogens with zero attached hydrogens (tertiary/aromatic N) is 3. The predicted octanol–water partition coefficient (Wildman–Crippen LogP) is 1.82. The Balaban J connectivity index is 1.44. The minimum absolute atomic E-state index is 0.228. The standard InChI is InChI=1S/C17H20F2N6O2/c18-13-2-1-3-14(19)16(13)23-17(26)21-5-4-20-15-10-12(11-22-24-15)25-6-8-27-9-7-25/h1-3,10-11H,4-9H2,(H,20,24)(H2,21,23,26). The zero-order chi connectivity index (χ0) is 19.1. The topological polar surface area (TPSA) is 91.4 Å². The molecule has 1 aliphatic heterocycles. The number of hydrogen-bond donors (Lipinski definition) is 3. The van der Waals surface area contributed by atoms with Crippen molar-refractivity contribution in [2.24, 2.45) is 0 Å². The molecule has 10 heteroatoms. The van der Waals surface area contributed by atoms with E-state index in [2.05, 4.69) is 31.0 Å². The van der Waals surface area contributed by atoms with Gasteiger partial charge < -0.3 is 25.6 Å². The van der Waals surface area contributed by atoms with E-state index < -0.39 is 23.4 Å². The molecule has 1 aromatic carbocycles. The Morgan fingerprint density at radius 3 is 2.67 bits per heavy atom. The number of para-hydroxylation sites is 1. The second kappa shape index (κ2) is 9.08. The number of urea groups is 1. The third-order valence-electron chi connectivity index (χ3n) is 3.93. The molecule has 0 bridgehead atoms. The quantitative estimate of drug-likeness (QED) is 0.665. The molecule has 27 heavy (non-hydrogen) atoms. The zero-order valence-corrected chi connectivity index (χ0v) is 14.5. The summed E-state index contributed by atoms with van der Waals surface area (Å²) in [6.07, 6.45) is 1.69. The highest BCUT2D eigenvalue weighted by atomic mass is 19.1. The van der Waals surface area contributed by atoms with Crippen LogP contribution in [0, 0.1) is 11.6 Å². The number of carbonyl (C=O) groups is 1. The molecule has 2 heterocycles. The largest absolute Gasteiger partial charge is 0.378 e. The first-order valence-corrected chi connectivity index (χ1v) is 8.51. The van der Waals surface area contributed by atoms with E-state index >= 15 is 0 Å². The van der Waals surface area contributed by atoms with Crippen molar-refractivity contribution in [3.8, 4) is 0 Å². The summed E-state index contributed by atoms with van der Waals surface area (Å²) in [6, 6.07) is 4.53. The van der Waals surface area contributed by atoms with Crippen LogP contribution in [0.4, 0.5) is 30.8 Å². The van der Waals surface area contributed by atoms with Crippen LogP contribution in [-0.4, -0.2) is 55.6 Å². The highest BCUT2D eigenvalue weighted by molar-refractivity contribution is 5.89. The maximum atomic E-state index is 13.5. The van der Waals surface area contributed by atoms with Crippen molar-refractivity contribution in [3.63, 3.8) is 0 Å². The molecule has 1 aromatic heterocycles. The number of nitrogens with one attached hydrogen (secondary N) is 3. The van der Waals surface area contributed by atoms with Gasteiger partial charge in [-0.05, 0) is 12.1 Å². The molecule has 1 saturated heterocycles. The summed E-state index contributed by atoms with van der Waals surface area (Å²) in [5.41, 5.74) is 0.462. The van der Waals surface area contributed by atoms with Crippen LogP contribution in [0.3, 0.4) is 0 Å². The maximum Gasteiger partial charge on any atom is 0.319 e. The minimum Gasteiger partial charge on any atom is -0.378 e. The van der Waals surface area contributed by atoms with Crippen LogP contribution in [-0.2, 0) is 4.74 Å². The van der Waals surface area contributed by atoms with Crippen LogP contribution >= 0.6 is 0 Å². The molecular formula is C17H20F2N6O2. The van der Waals surface area contributed by atoms with Crippen molar-refractivity contribution >= 4 is 23.2 Å². The molecule has 2 aromatic rings. The molecule has 3 N–H and O–H groups in total. The first kappa shape index (κ1) is 18.8. The van der Waals surface area contributed by atoms with Gasteiger partial charge in [0.1, 0.15) is 17.3 Å². The van der Waals surface area contributed by atoms with E-state index in [9.17, 15) is 13.6 Å². The highest BCUT2D eigenvalue weighted by Gasteiger charge is 2.13. The van der Waals surface area contributed by atoms with Gasteiger partial charge in [-0.2, -0.15) is 5.10 Å². The monoisotopic (exact) mass is 378 g/mol. The summed E-state index contributed by atoms with van der Waals surface area (Å²) in [5, 5.41) is 15.7. The summed E-state index contributed by atoms with van der Waals surface area (Å²) in [7, 11) is 0. The Bertz CT molecular complexity index is 766. The van der Waals surface area contributed by atoms with E-state index in [1.807, 2.05) is 6.07 Å². The lowest BCUT2D eigenvalue weighted by atomic mass is 10.3. The second-order valence-electron chi connectivity index (χ2n) is 5.80. The molecule has 1 fully saturated rings. The normalized spacial score (nSPS) is 13.9. The van der Waals surface area contributed by atoms with E-state index in [0.717, 1.165) is 30.9 Å². The van der Waals surface area contributed by atoms with Crippen LogP contribution in [0.5, 0.6) is 0 Å². The highest BCUT2D eigenvalue weighted by Crippen LogP contribution is 2.18. The number of morpholine rings is 1. The zero-order valence-electron chi connectivity index (χ0n) is 14.5. The van der Waals surface area contributed by atoms with E-state index in [1.54, 1.807) is 6.20 Å². The Labute approximate surface area is 154 Å². The fraction of sp³-hybridized carbons (Fsp3) is 0.353. The van der Waals surface area contributed by atoms with E-state index in [4.69, 9.17) is 4.74 Å². The molecule has 3 rings (SSSR count). The fourth-order valence-corrected chi connectivity index (χ4v) is 2.58. The number of benzene rings is 1. The number of amides is 2. The van der Waals surface area contributed by atoms with Crippen molar-refractivity contribution in [1.82, 2.24) is 15.5 Å². The number of ether oxygens (including phenoxy) is 1. The van der Waals surface area contributed by atoms with Gasteiger partial charge in [-0.3, -0.25) is 0 Å². The number of halogens is 2. The van der Waals surface area contributed by atoms with Gasteiger partial charge in [0.2, 0.25) is 0 Å². The van der Waals surface area contributed by atoms with E-state index in [0.29, 0.717) is 25.6 Å². The molecule has 0 saturated carbocycles. The first-order chi connectivity index (χ1) is 13.1. The number of hydrogen-bond acceptors (Lipinski definition) is 6. The van der Waals surface area contributed by atoms with Gasteiger partial charge in [-0.1, -0.05) is 6.07 Å². The molecule has 144 valence electrons. The van der Waals surface area contributed by atoms with Gasteiger partial charge in [0.05, 0.1) is 25.1 Å². The summed E-state index contributed by atoms with van der Waals surface area (Å²) < 4.78 is 32.3. The van der Waals surface area contributed by atoms with Crippen molar-refractivity contribution < 1.29 is 18.3 Å². The minimum atomic E-state index is -0.835. The first-order valence-electron chi connectivity index (χ1n) is 8.51. The van der Waals surface area contributed by atoms with Crippen LogP contribution in [0.2, 0.25) is 0 Å². The van der Waals surface area contributed by atoms with Gasteiger partial charge in [0.25, 0.3) is 0 Å². The van der Waals surface area contributed by atoms with Crippen molar-refractivity contribution in [2.75, 3.05) is 54.9 Å². The second-order valence-corrected chi connectivity index (χ2v) is 5.80. The average Bonchev–Trinajstić information content (AvgIpc) is 2.69. The van der Waals surface area contributed by atoms with Gasteiger partial charge in [0.15, 0.2) is 5.82 Å². The molecule has 1 aliphatic rings. The SMILES string of the molecule is O=C(NCCNc1cc(N2CCOCC2)cnn1)Nc1c(F)cccc1F. The molecule has 0 radical (unpaired) electrons. The summed E-state index contributed by atoms with van der Waals surface area (Å²) in [6.45, 7) is 3.53. The Morgan fingerprint density at radius 2 is 1.93 bits per heavy atom. The third-order valence-corrected chi connectivity index (χ3v) is 3.93. The van der Waals surface area contributed by atoms with Gasteiger partial charge >= 0.3 is 6.03 Å². The van der Waals surface area contributed by atoms with Crippen molar-refractivity contribution in [2.45, 2.75) is 0 Å². The van der Waals surface area contributed by atoms with Crippen LogP contribution in [0.25, 0.3) is 0 Å². The Hall–Kier alpha value is -3.01. The van der Waals surface area contributed by atoms with E-state index in [1.165, 1.54) is 6.07 Å². The molecule has 8 nitrogen and oxygen atoms in total. The summed E-state index contributed by atoms with van der Waals surface area (Å²) in [4.78, 5) is 13.9. The lowest BCUT2D eigenvalue weighted by Gasteiger charge is -2.28. The average molecular weight is 378 g/mol. The number of rotatable bonds is 6. The van der Waals surface area contributed by atoms with E-state index in [-0.39, 0.29) is 6.54 Å².